The Bertz CT molecular complexity index is 885. The molecule has 8 heteroatoms. The highest BCUT2D eigenvalue weighted by Gasteiger charge is 2.25. The van der Waals surface area contributed by atoms with Crippen molar-refractivity contribution in [2.45, 2.75) is 6.92 Å². The van der Waals surface area contributed by atoms with Crippen LogP contribution < -0.4 is 0 Å². The average molecular weight is 312 g/mol. The van der Waals surface area contributed by atoms with Gasteiger partial charge in [-0.15, -0.1) is 0 Å². The Morgan fingerprint density at radius 3 is 2.67 bits per heavy atom. The van der Waals surface area contributed by atoms with Crippen LogP contribution in [0.5, 0.6) is 0 Å². The number of carboxylic acids is 1. The topological polar surface area (TPSA) is 54.6 Å². The van der Waals surface area contributed by atoms with Crippen molar-refractivity contribution in [3.05, 3.63) is 46.4 Å². The van der Waals surface area contributed by atoms with Gasteiger partial charge in [0, 0.05) is 17.5 Å². The molecule has 0 spiro atoms. The molecule has 0 saturated heterocycles. The Balaban J connectivity index is 2.43. The van der Waals surface area contributed by atoms with E-state index in [1.807, 2.05) is 0 Å². The number of aromatic nitrogens is 2. The first-order valence-electron chi connectivity index (χ1n) is 5.75. The van der Waals surface area contributed by atoms with Gasteiger partial charge in [0.05, 0.1) is 5.69 Å². The standard InChI is InChI=1S/C13H7F3N2O2S/c1-5-4-17-13-18(5)10(11(21-13)12(19)20)6-2-3-7(14)9(16)8(6)15/h2-4H,1H3,(H,19,20). The summed E-state index contributed by atoms with van der Waals surface area (Å²) in [6.45, 7) is 1.65. The van der Waals surface area contributed by atoms with Crippen LogP contribution in [0.2, 0.25) is 0 Å². The van der Waals surface area contributed by atoms with Crippen LogP contribution in [0.1, 0.15) is 15.4 Å². The number of rotatable bonds is 2. The number of carboxylic acid groups (broad SMARTS) is 1. The van der Waals surface area contributed by atoms with Crippen molar-refractivity contribution in [3.8, 4) is 11.3 Å². The second-order valence-electron chi connectivity index (χ2n) is 4.33. The molecular formula is C13H7F3N2O2S. The molecule has 108 valence electrons. The summed E-state index contributed by atoms with van der Waals surface area (Å²) in [4.78, 5) is 15.5. The number of halogens is 3. The van der Waals surface area contributed by atoms with Crippen LogP contribution in [0.15, 0.2) is 18.3 Å². The zero-order valence-electron chi connectivity index (χ0n) is 10.5. The van der Waals surface area contributed by atoms with Crippen molar-refractivity contribution in [2.24, 2.45) is 0 Å². The lowest BCUT2D eigenvalue weighted by molar-refractivity contribution is 0.0702. The van der Waals surface area contributed by atoms with Gasteiger partial charge in [0.1, 0.15) is 4.88 Å². The number of hydrogen-bond acceptors (Lipinski definition) is 3. The molecule has 1 aromatic carbocycles. The van der Waals surface area contributed by atoms with Crippen molar-refractivity contribution in [3.63, 3.8) is 0 Å². The van der Waals surface area contributed by atoms with Crippen molar-refractivity contribution in [1.82, 2.24) is 9.38 Å². The second-order valence-corrected chi connectivity index (χ2v) is 5.30. The molecule has 0 amide bonds. The number of thiazole rings is 1. The molecule has 4 nitrogen and oxygen atoms in total. The predicted octanol–water partition coefficient (Wildman–Crippen LogP) is 3.49. The van der Waals surface area contributed by atoms with Gasteiger partial charge < -0.3 is 5.11 Å². The van der Waals surface area contributed by atoms with E-state index in [4.69, 9.17) is 0 Å². The predicted molar refractivity (Wildman–Crippen MR) is 70.1 cm³/mol. The molecule has 3 aromatic rings. The summed E-state index contributed by atoms with van der Waals surface area (Å²) in [6.07, 6.45) is 1.48. The fourth-order valence-electron chi connectivity index (χ4n) is 2.10. The van der Waals surface area contributed by atoms with Crippen LogP contribution in [0.4, 0.5) is 13.2 Å². The van der Waals surface area contributed by atoms with Crippen LogP contribution in [0, 0.1) is 24.4 Å². The molecule has 0 aliphatic rings. The van der Waals surface area contributed by atoms with Crippen LogP contribution in [0.3, 0.4) is 0 Å². The fourth-order valence-corrected chi connectivity index (χ4v) is 3.10. The normalized spacial score (nSPS) is 11.2. The zero-order valence-corrected chi connectivity index (χ0v) is 11.3. The molecule has 0 saturated carbocycles. The SMILES string of the molecule is Cc1cnc2sc(C(=O)O)c(-c3ccc(F)c(F)c3F)n12. The summed E-state index contributed by atoms with van der Waals surface area (Å²) in [5, 5.41) is 9.23. The summed E-state index contributed by atoms with van der Waals surface area (Å²) in [7, 11) is 0. The molecular weight excluding hydrogens is 305 g/mol. The van der Waals surface area contributed by atoms with Crippen molar-refractivity contribution >= 4 is 22.3 Å². The van der Waals surface area contributed by atoms with E-state index in [9.17, 15) is 23.1 Å². The summed E-state index contributed by atoms with van der Waals surface area (Å²) in [5.74, 6) is -5.68. The van der Waals surface area contributed by atoms with Gasteiger partial charge in [0.2, 0.25) is 0 Å². The summed E-state index contributed by atoms with van der Waals surface area (Å²) in [6, 6.07) is 1.77. The summed E-state index contributed by atoms with van der Waals surface area (Å²) >= 11 is 0.836. The summed E-state index contributed by atoms with van der Waals surface area (Å²) < 4.78 is 41.9. The molecule has 1 N–H and O–H groups in total. The molecule has 0 radical (unpaired) electrons. The Morgan fingerprint density at radius 1 is 1.29 bits per heavy atom. The van der Waals surface area contributed by atoms with Gasteiger partial charge in [-0.1, -0.05) is 11.3 Å². The highest BCUT2D eigenvalue weighted by atomic mass is 32.1. The number of fused-ring (bicyclic) bond motifs is 1. The Morgan fingerprint density at radius 2 is 2.00 bits per heavy atom. The molecule has 3 rings (SSSR count). The van der Waals surface area contributed by atoms with E-state index in [1.165, 1.54) is 10.6 Å². The van der Waals surface area contributed by atoms with Crippen molar-refractivity contribution in [1.29, 1.82) is 0 Å². The zero-order chi connectivity index (χ0) is 15.3. The molecule has 2 heterocycles. The van der Waals surface area contributed by atoms with E-state index in [0.29, 0.717) is 10.7 Å². The second kappa shape index (κ2) is 4.59. The number of nitrogens with zero attached hydrogens (tertiary/aromatic N) is 2. The fraction of sp³-hybridized carbons (Fsp3) is 0.0769. The quantitative estimate of drug-likeness (QED) is 0.737. The summed E-state index contributed by atoms with van der Waals surface area (Å²) in [5.41, 5.74) is 0.195. The van der Waals surface area contributed by atoms with Gasteiger partial charge in [-0.3, -0.25) is 4.40 Å². The van der Waals surface area contributed by atoms with Crippen LogP contribution >= 0.6 is 11.3 Å². The van der Waals surface area contributed by atoms with Crippen molar-refractivity contribution in [2.75, 3.05) is 0 Å². The number of benzene rings is 1. The highest BCUT2D eigenvalue weighted by molar-refractivity contribution is 7.19. The van der Waals surface area contributed by atoms with Crippen LogP contribution in [-0.2, 0) is 0 Å². The Labute approximate surface area is 120 Å². The first kappa shape index (κ1) is 13.6. The first-order valence-corrected chi connectivity index (χ1v) is 6.57. The van der Waals surface area contributed by atoms with E-state index in [1.54, 1.807) is 6.92 Å². The minimum Gasteiger partial charge on any atom is -0.477 e. The molecule has 21 heavy (non-hydrogen) atoms. The minimum absolute atomic E-state index is 0.0473. The minimum atomic E-state index is -1.64. The third kappa shape index (κ3) is 1.90. The van der Waals surface area contributed by atoms with E-state index >= 15 is 0 Å². The third-order valence-electron chi connectivity index (χ3n) is 3.02. The maximum Gasteiger partial charge on any atom is 0.348 e. The number of aromatic carboxylic acids is 1. The molecule has 0 fully saturated rings. The van der Waals surface area contributed by atoms with Gasteiger partial charge >= 0.3 is 5.97 Å². The third-order valence-corrected chi connectivity index (χ3v) is 4.07. The smallest absolute Gasteiger partial charge is 0.348 e. The lowest BCUT2D eigenvalue weighted by Crippen LogP contribution is -2.02. The lowest BCUT2D eigenvalue weighted by Gasteiger charge is -2.06. The molecule has 2 aromatic heterocycles. The van der Waals surface area contributed by atoms with Gasteiger partial charge in [-0.05, 0) is 19.1 Å². The van der Waals surface area contributed by atoms with Gasteiger partial charge in [0.15, 0.2) is 22.4 Å². The highest BCUT2D eigenvalue weighted by Crippen LogP contribution is 2.35. The van der Waals surface area contributed by atoms with E-state index in [2.05, 4.69) is 4.98 Å². The number of imidazole rings is 1. The van der Waals surface area contributed by atoms with Crippen molar-refractivity contribution < 1.29 is 23.1 Å². The van der Waals surface area contributed by atoms with E-state index < -0.39 is 23.4 Å². The average Bonchev–Trinajstić information content (AvgIpc) is 2.97. The molecule has 0 aliphatic heterocycles. The number of aryl methyl sites for hydroxylation is 1. The molecule has 0 aliphatic carbocycles. The first-order chi connectivity index (χ1) is 9.91. The van der Waals surface area contributed by atoms with Gasteiger partial charge in [-0.2, -0.15) is 0 Å². The number of carbonyl (C=O) groups is 1. The van der Waals surface area contributed by atoms with E-state index in [0.717, 1.165) is 23.5 Å². The lowest BCUT2D eigenvalue weighted by atomic mass is 10.1. The molecule has 0 unspecified atom stereocenters. The van der Waals surface area contributed by atoms with Crippen LogP contribution in [-0.4, -0.2) is 20.5 Å². The number of hydrogen-bond donors (Lipinski definition) is 1. The Hall–Kier alpha value is -2.35. The maximum absolute atomic E-state index is 14.0. The molecule has 0 bridgehead atoms. The molecule has 0 atom stereocenters. The maximum atomic E-state index is 14.0. The Kier molecular flexibility index (Phi) is 2.98. The van der Waals surface area contributed by atoms with Crippen LogP contribution in [0.25, 0.3) is 16.2 Å². The monoisotopic (exact) mass is 312 g/mol. The largest absolute Gasteiger partial charge is 0.477 e. The van der Waals surface area contributed by atoms with E-state index in [-0.39, 0.29) is 16.1 Å². The van der Waals surface area contributed by atoms with Gasteiger partial charge in [0.25, 0.3) is 0 Å². The van der Waals surface area contributed by atoms with Gasteiger partial charge in [-0.25, -0.2) is 22.9 Å².